The van der Waals surface area contributed by atoms with Gasteiger partial charge in [0, 0.05) is 5.56 Å². The molecule has 4 nitrogen and oxygen atoms in total. The zero-order valence-electron chi connectivity index (χ0n) is 10.7. The van der Waals surface area contributed by atoms with Crippen LogP contribution in [0.4, 0.5) is 0 Å². The van der Waals surface area contributed by atoms with Gasteiger partial charge in [0.15, 0.2) is 4.67 Å². The largest absolute Gasteiger partial charge is 0.497 e. The number of hydrogen-bond acceptors (Lipinski definition) is 4. The molecule has 0 aliphatic carbocycles. The summed E-state index contributed by atoms with van der Waals surface area (Å²) in [5.41, 5.74) is 5.11. The molecule has 3 N–H and O–H groups in total. The fourth-order valence-corrected chi connectivity index (χ4v) is 2.50. The van der Waals surface area contributed by atoms with Crippen LogP contribution in [0.1, 0.15) is 23.6 Å². The van der Waals surface area contributed by atoms with Gasteiger partial charge in [0.25, 0.3) is 0 Å². The molecular weight excluding hydrogens is 308 g/mol. The summed E-state index contributed by atoms with van der Waals surface area (Å²) in [7, 11) is 1.67. The molecule has 1 atom stereocenters. The van der Waals surface area contributed by atoms with Gasteiger partial charge in [-0.25, -0.2) is 0 Å². The van der Waals surface area contributed by atoms with Gasteiger partial charge in [-0.15, -0.1) is 0 Å². The number of nitrogens with two attached hydrogens (primary N) is 1. The SMILES string of the molecule is COc1ccc(CCC(NN)c2ccoc2Br)cc1. The predicted octanol–water partition coefficient (Wildman–Crippen LogP) is 3.19. The van der Waals surface area contributed by atoms with E-state index >= 15 is 0 Å². The molecule has 1 aromatic carbocycles. The van der Waals surface area contributed by atoms with Gasteiger partial charge in [-0.3, -0.25) is 11.3 Å². The normalized spacial score (nSPS) is 12.4. The number of hydrazine groups is 1. The Balaban J connectivity index is 1.98. The molecule has 1 unspecified atom stereocenters. The number of rotatable bonds is 6. The lowest BCUT2D eigenvalue weighted by atomic mass is 10.0. The standard InChI is InChI=1S/C14H17BrN2O2/c1-18-11-5-2-10(3-6-11)4-7-13(17-16)12-8-9-19-14(12)15/h2-3,5-6,8-9,13,17H,4,7,16H2,1H3. The lowest BCUT2D eigenvalue weighted by Gasteiger charge is -2.14. The molecule has 0 bridgehead atoms. The van der Waals surface area contributed by atoms with E-state index in [0.29, 0.717) is 0 Å². The molecule has 0 aliphatic rings. The maximum Gasteiger partial charge on any atom is 0.173 e. The lowest BCUT2D eigenvalue weighted by molar-refractivity contribution is 0.414. The molecule has 0 saturated carbocycles. The van der Waals surface area contributed by atoms with E-state index in [2.05, 4.69) is 33.5 Å². The lowest BCUT2D eigenvalue weighted by Crippen LogP contribution is -2.28. The number of methoxy groups -OCH3 is 1. The van der Waals surface area contributed by atoms with Crippen molar-refractivity contribution in [2.75, 3.05) is 7.11 Å². The van der Waals surface area contributed by atoms with Gasteiger partial charge >= 0.3 is 0 Å². The molecule has 1 heterocycles. The second-order valence-electron chi connectivity index (χ2n) is 4.26. The van der Waals surface area contributed by atoms with Gasteiger partial charge in [-0.1, -0.05) is 12.1 Å². The number of benzene rings is 1. The smallest absolute Gasteiger partial charge is 0.173 e. The molecule has 0 aliphatic heterocycles. The number of halogens is 1. The van der Waals surface area contributed by atoms with E-state index in [-0.39, 0.29) is 6.04 Å². The summed E-state index contributed by atoms with van der Waals surface area (Å²) >= 11 is 3.37. The van der Waals surface area contributed by atoms with E-state index in [1.807, 2.05) is 18.2 Å². The highest BCUT2D eigenvalue weighted by molar-refractivity contribution is 9.10. The van der Waals surface area contributed by atoms with Crippen LogP contribution in [0.15, 0.2) is 45.7 Å². The second kappa shape index (κ2) is 6.75. The Bertz CT molecular complexity index is 510. The third-order valence-corrected chi connectivity index (χ3v) is 3.75. The summed E-state index contributed by atoms with van der Waals surface area (Å²) in [6.45, 7) is 0. The fourth-order valence-electron chi connectivity index (χ4n) is 1.99. The van der Waals surface area contributed by atoms with Crippen molar-refractivity contribution >= 4 is 15.9 Å². The predicted molar refractivity (Wildman–Crippen MR) is 77.8 cm³/mol. The first kappa shape index (κ1) is 14.1. The van der Waals surface area contributed by atoms with Crippen LogP contribution in [0.2, 0.25) is 0 Å². The van der Waals surface area contributed by atoms with Gasteiger partial charge in [0.2, 0.25) is 0 Å². The van der Waals surface area contributed by atoms with Gasteiger partial charge in [-0.05, 0) is 52.5 Å². The van der Waals surface area contributed by atoms with Crippen LogP contribution >= 0.6 is 15.9 Å². The maximum absolute atomic E-state index is 5.61. The highest BCUT2D eigenvalue weighted by atomic mass is 79.9. The quantitative estimate of drug-likeness (QED) is 0.632. The van der Waals surface area contributed by atoms with Crippen LogP contribution in [-0.2, 0) is 6.42 Å². The molecule has 2 rings (SSSR count). The third-order valence-electron chi connectivity index (χ3n) is 3.10. The van der Waals surface area contributed by atoms with Crippen molar-refractivity contribution in [2.45, 2.75) is 18.9 Å². The van der Waals surface area contributed by atoms with Crippen molar-refractivity contribution in [3.05, 3.63) is 52.4 Å². The van der Waals surface area contributed by atoms with E-state index in [4.69, 9.17) is 15.0 Å². The van der Waals surface area contributed by atoms with E-state index in [9.17, 15) is 0 Å². The first-order chi connectivity index (χ1) is 9.24. The molecule has 1 aromatic heterocycles. The number of aryl methyl sites for hydroxylation is 1. The second-order valence-corrected chi connectivity index (χ2v) is 4.98. The summed E-state index contributed by atoms with van der Waals surface area (Å²) in [4.78, 5) is 0. The number of furan rings is 1. The van der Waals surface area contributed by atoms with Crippen LogP contribution in [0.3, 0.4) is 0 Å². The van der Waals surface area contributed by atoms with Crippen molar-refractivity contribution in [1.29, 1.82) is 0 Å². The van der Waals surface area contributed by atoms with E-state index in [1.165, 1.54) is 5.56 Å². The maximum atomic E-state index is 5.61. The molecular formula is C14H17BrN2O2. The monoisotopic (exact) mass is 324 g/mol. The summed E-state index contributed by atoms with van der Waals surface area (Å²) in [5, 5.41) is 0. The molecule has 2 aromatic rings. The van der Waals surface area contributed by atoms with Crippen LogP contribution in [0.5, 0.6) is 5.75 Å². The molecule has 0 fully saturated rings. The van der Waals surface area contributed by atoms with Gasteiger partial charge in [0.05, 0.1) is 19.4 Å². The Morgan fingerprint density at radius 3 is 2.58 bits per heavy atom. The van der Waals surface area contributed by atoms with Gasteiger partial charge in [-0.2, -0.15) is 0 Å². The van der Waals surface area contributed by atoms with Crippen LogP contribution in [0.25, 0.3) is 0 Å². The van der Waals surface area contributed by atoms with Crippen LogP contribution in [0, 0.1) is 0 Å². The Morgan fingerprint density at radius 2 is 2.05 bits per heavy atom. The third kappa shape index (κ3) is 3.59. The fraction of sp³-hybridized carbons (Fsp3) is 0.286. The summed E-state index contributed by atoms with van der Waals surface area (Å²) < 4.78 is 11.1. The number of nitrogens with one attached hydrogen (secondary N) is 1. The van der Waals surface area contributed by atoms with Crippen molar-refractivity contribution in [3.63, 3.8) is 0 Å². The Labute approximate surface area is 121 Å². The minimum atomic E-state index is 0.0650. The number of hydrogen-bond donors (Lipinski definition) is 2. The van der Waals surface area contributed by atoms with Crippen molar-refractivity contribution in [2.24, 2.45) is 5.84 Å². The Morgan fingerprint density at radius 1 is 1.32 bits per heavy atom. The first-order valence-corrected chi connectivity index (χ1v) is 6.86. The van der Waals surface area contributed by atoms with Gasteiger partial charge in [0.1, 0.15) is 5.75 Å². The van der Waals surface area contributed by atoms with Crippen molar-refractivity contribution < 1.29 is 9.15 Å². The average molecular weight is 325 g/mol. The molecule has 0 spiro atoms. The van der Waals surface area contributed by atoms with Crippen LogP contribution in [-0.4, -0.2) is 7.11 Å². The first-order valence-electron chi connectivity index (χ1n) is 6.06. The van der Waals surface area contributed by atoms with Crippen molar-refractivity contribution in [1.82, 2.24) is 5.43 Å². The van der Waals surface area contributed by atoms with Gasteiger partial charge < -0.3 is 9.15 Å². The minimum Gasteiger partial charge on any atom is -0.497 e. The zero-order chi connectivity index (χ0) is 13.7. The highest BCUT2D eigenvalue weighted by Crippen LogP contribution is 2.27. The highest BCUT2D eigenvalue weighted by Gasteiger charge is 2.15. The molecule has 19 heavy (non-hydrogen) atoms. The minimum absolute atomic E-state index is 0.0650. The van der Waals surface area contributed by atoms with E-state index in [1.54, 1.807) is 13.4 Å². The zero-order valence-corrected chi connectivity index (χ0v) is 12.3. The Hall–Kier alpha value is -1.30. The molecule has 0 saturated heterocycles. The molecule has 0 amide bonds. The average Bonchev–Trinajstić information content (AvgIpc) is 2.87. The van der Waals surface area contributed by atoms with E-state index < -0.39 is 0 Å². The van der Waals surface area contributed by atoms with Crippen LogP contribution < -0.4 is 16.0 Å². The molecule has 102 valence electrons. The summed E-state index contributed by atoms with van der Waals surface area (Å²) in [6, 6.07) is 10.0. The Kier molecular flexibility index (Phi) is 5.01. The summed E-state index contributed by atoms with van der Waals surface area (Å²) in [6.07, 6.45) is 3.47. The number of ether oxygens (including phenoxy) is 1. The molecule has 5 heteroatoms. The van der Waals surface area contributed by atoms with Crippen molar-refractivity contribution in [3.8, 4) is 5.75 Å². The molecule has 0 radical (unpaired) electrons. The van der Waals surface area contributed by atoms with E-state index in [0.717, 1.165) is 28.8 Å². The topological polar surface area (TPSA) is 60.4 Å². The summed E-state index contributed by atoms with van der Waals surface area (Å²) in [5.74, 6) is 6.48.